The lowest BCUT2D eigenvalue weighted by molar-refractivity contribution is 0.221. The Hall–Kier alpha value is -0.340. The van der Waals surface area contributed by atoms with E-state index in [2.05, 4.69) is 51.4 Å². The van der Waals surface area contributed by atoms with Crippen LogP contribution in [-0.4, -0.2) is 36.1 Å². The van der Waals surface area contributed by atoms with Crippen molar-refractivity contribution in [1.29, 1.82) is 0 Å². The van der Waals surface area contributed by atoms with E-state index in [4.69, 9.17) is 0 Å². The van der Waals surface area contributed by atoms with E-state index in [1.807, 2.05) is 0 Å². The quantitative estimate of drug-likeness (QED) is 0.741. The highest BCUT2D eigenvalue weighted by molar-refractivity contribution is 5.03. The predicted molar refractivity (Wildman–Crippen MR) is 76.3 cm³/mol. The standard InChI is InChI=1S/C15H30N2/c1-12(2)14-8-7-9-17(14)11-13(3)10-16-15(4,5)6/h12,14,16H,3,7-11H2,1-2,4-6H3. The summed E-state index contributed by atoms with van der Waals surface area (Å²) in [7, 11) is 0. The highest BCUT2D eigenvalue weighted by Gasteiger charge is 2.27. The molecule has 1 atom stereocenters. The van der Waals surface area contributed by atoms with Gasteiger partial charge in [0.1, 0.15) is 0 Å². The second kappa shape index (κ2) is 6.01. The summed E-state index contributed by atoms with van der Waals surface area (Å²) in [5, 5.41) is 3.51. The Kier molecular flexibility index (Phi) is 5.21. The van der Waals surface area contributed by atoms with E-state index in [0.717, 1.165) is 25.0 Å². The molecule has 1 heterocycles. The van der Waals surface area contributed by atoms with E-state index in [-0.39, 0.29) is 5.54 Å². The first-order valence-electron chi connectivity index (χ1n) is 6.95. The second-order valence-electron chi connectivity index (χ2n) is 6.78. The monoisotopic (exact) mass is 238 g/mol. The van der Waals surface area contributed by atoms with Crippen molar-refractivity contribution < 1.29 is 0 Å². The summed E-state index contributed by atoms with van der Waals surface area (Å²) in [6.45, 7) is 18.7. The average Bonchev–Trinajstić information content (AvgIpc) is 2.62. The third-order valence-corrected chi connectivity index (χ3v) is 3.48. The molecule has 1 aliphatic heterocycles. The number of nitrogens with one attached hydrogen (secondary N) is 1. The van der Waals surface area contributed by atoms with Gasteiger partial charge in [0, 0.05) is 24.7 Å². The zero-order chi connectivity index (χ0) is 13.1. The third kappa shape index (κ3) is 5.22. The van der Waals surface area contributed by atoms with Gasteiger partial charge in [-0.25, -0.2) is 0 Å². The first kappa shape index (κ1) is 14.7. The van der Waals surface area contributed by atoms with Crippen molar-refractivity contribution in [2.45, 2.75) is 59.0 Å². The van der Waals surface area contributed by atoms with E-state index in [1.54, 1.807) is 0 Å². The van der Waals surface area contributed by atoms with Crippen LogP contribution in [0.15, 0.2) is 12.2 Å². The molecule has 0 bridgehead atoms. The molecule has 2 heteroatoms. The van der Waals surface area contributed by atoms with Gasteiger partial charge in [-0.1, -0.05) is 20.4 Å². The number of rotatable bonds is 5. The minimum atomic E-state index is 0.186. The van der Waals surface area contributed by atoms with Crippen LogP contribution in [0.1, 0.15) is 47.5 Å². The Labute approximate surface area is 107 Å². The normalized spacial score (nSPS) is 22.4. The van der Waals surface area contributed by atoms with Gasteiger partial charge in [-0.05, 0) is 51.6 Å². The van der Waals surface area contributed by atoms with Crippen LogP contribution in [0.2, 0.25) is 0 Å². The van der Waals surface area contributed by atoms with E-state index < -0.39 is 0 Å². The molecule has 0 aromatic carbocycles. The van der Waals surface area contributed by atoms with Crippen molar-refractivity contribution in [3.8, 4) is 0 Å². The summed E-state index contributed by atoms with van der Waals surface area (Å²) < 4.78 is 0. The molecule has 1 N–H and O–H groups in total. The lowest BCUT2D eigenvalue weighted by atomic mass is 10.0. The molecule has 1 unspecified atom stereocenters. The fourth-order valence-electron chi connectivity index (χ4n) is 2.54. The van der Waals surface area contributed by atoms with Gasteiger partial charge in [-0.3, -0.25) is 4.90 Å². The smallest absolute Gasteiger partial charge is 0.0205 e. The molecule has 0 radical (unpaired) electrons. The van der Waals surface area contributed by atoms with Crippen LogP contribution >= 0.6 is 0 Å². The maximum Gasteiger partial charge on any atom is 0.0205 e. The van der Waals surface area contributed by atoms with Crippen LogP contribution in [0, 0.1) is 5.92 Å². The zero-order valence-corrected chi connectivity index (χ0v) is 12.3. The van der Waals surface area contributed by atoms with E-state index >= 15 is 0 Å². The predicted octanol–water partition coefficient (Wildman–Crippen LogP) is 3.05. The SMILES string of the molecule is C=C(CNC(C)(C)C)CN1CCCC1C(C)C. The van der Waals surface area contributed by atoms with Crippen molar-refractivity contribution in [2.24, 2.45) is 5.92 Å². The van der Waals surface area contributed by atoms with E-state index in [9.17, 15) is 0 Å². The fourth-order valence-corrected chi connectivity index (χ4v) is 2.54. The van der Waals surface area contributed by atoms with Gasteiger partial charge in [0.15, 0.2) is 0 Å². The maximum atomic E-state index is 4.21. The first-order valence-corrected chi connectivity index (χ1v) is 6.95. The lowest BCUT2D eigenvalue weighted by Gasteiger charge is -2.29. The number of likely N-dealkylation sites (tertiary alicyclic amines) is 1. The zero-order valence-electron chi connectivity index (χ0n) is 12.3. The minimum absolute atomic E-state index is 0.186. The van der Waals surface area contributed by atoms with Gasteiger partial charge in [0.25, 0.3) is 0 Å². The molecule has 1 aliphatic rings. The molecule has 100 valence electrons. The number of nitrogens with zero attached hydrogens (tertiary/aromatic N) is 1. The number of hydrogen-bond donors (Lipinski definition) is 1. The molecule has 1 rings (SSSR count). The lowest BCUT2D eigenvalue weighted by Crippen LogP contribution is -2.40. The van der Waals surface area contributed by atoms with Gasteiger partial charge in [0.2, 0.25) is 0 Å². The van der Waals surface area contributed by atoms with Crippen molar-refractivity contribution in [3.63, 3.8) is 0 Å². The minimum Gasteiger partial charge on any atom is -0.308 e. The topological polar surface area (TPSA) is 15.3 Å². The molecular weight excluding hydrogens is 208 g/mol. The Morgan fingerprint density at radius 2 is 2.06 bits per heavy atom. The Morgan fingerprint density at radius 1 is 1.41 bits per heavy atom. The van der Waals surface area contributed by atoms with E-state index in [0.29, 0.717) is 0 Å². The summed E-state index contributed by atoms with van der Waals surface area (Å²) in [5.41, 5.74) is 1.50. The molecule has 17 heavy (non-hydrogen) atoms. The molecule has 1 saturated heterocycles. The van der Waals surface area contributed by atoms with Crippen LogP contribution in [0.4, 0.5) is 0 Å². The molecule has 1 fully saturated rings. The summed E-state index contributed by atoms with van der Waals surface area (Å²) in [6.07, 6.45) is 2.71. The molecular formula is C15H30N2. The van der Waals surface area contributed by atoms with Gasteiger partial charge >= 0.3 is 0 Å². The summed E-state index contributed by atoms with van der Waals surface area (Å²) in [5.74, 6) is 0.765. The number of hydrogen-bond acceptors (Lipinski definition) is 2. The van der Waals surface area contributed by atoms with Gasteiger partial charge in [-0.2, -0.15) is 0 Å². The Balaban J connectivity index is 2.35. The fraction of sp³-hybridized carbons (Fsp3) is 0.867. The van der Waals surface area contributed by atoms with Gasteiger partial charge in [-0.15, -0.1) is 0 Å². The molecule has 0 aromatic heterocycles. The second-order valence-corrected chi connectivity index (χ2v) is 6.78. The molecule has 0 saturated carbocycles. The molecule has 0 spiro atoms. The Morgan fingerprint density at radius 3 is 2.59 bits per heavy atom. The molecule has 0 aliphatic carbocycles. The summed E-state index contributed by atoms with van der Waals surface area (Å²) >= 11 is 0. The van der Waals surface area contributed by atoms with Gasteiger partial charge in [0.05, 0.1) is 0 Å². The van der Waals surface area contributed by atoms with Crippen LogP contribution in [-0.2, 0) is 0 Å². The Bertz CT molecular complexity index is 250. The summed E-state index contributed by atoms with van der Waals surface area (Å²) in [4.78, 5) is 2.61. The highest BCUT2D eigenvalue weighted by Crippen LogP contribution is 2.24. The molecule has 0 aromatic rings. The van der Waals surface area contributed by atoms with Crippen LogP contribution in [0.3, 0.4) is 0 Å². The van der Waals surface area contributed by atoms with Crippen LogP contribution in [0.5, 0.6) is 0 Å². The largest absolute Gasteiger partial charge is 0.308 e. The van der Waals surface area contributed by atoms with Crippen molar-refractivity contribution >= 4 is 0 Å². The first-order chi connectivity index (χ1) is 7.79. The summed E-state index contributed by atoms with van der Waals surface area (Å²) in [6, 6.07) is 0.765. The highest BCUT2D eigenvalue weighted by atomic mass is 15.2. The average molecular weight is 238 g/mol. The third-order valence-electron chi connectivity index (χ3n) is 3.48. The maximum absolute atomic E-state index is 4.21. The van der Waals surface area contributed by atoms with Crippen LogP contribution in [0.25, 0.3) is 0 Å². The van der Waals surface area contributed by atoms with Gasteiger partial charge < -0.3 is 5.32 Å². The van der Waals surface area contributed by atoms with Crippen molar-refractivity contribution in [1.82, 2.24) is 10.2 Å². The molecule has 2 nitrogen and oxygen atoms in total. The molecule has 0 amide bonds. The van der Waals surface area contributed by atoms with Crippen LogP contribution < -0.4 is 5.32 Å². The van der Waals surface area contributed by atoms with Crippen molar-refractivity contribution in [3.05, 3.63) is 12.2 Å². The van der Waals surface area contributed by atoms with Crippen molar-refractivity contribution in [2.75, 3.05) is 19.6 Å². The van der Waals surface area contributed by atoms with E-state index in [1.165, 1.54) is 25.0 Å².